The number of benzene rings is 2. The molecule has 0 fully saturated rings. The number of hydrogen-bond acceptors (Lipinski definition) is 3. The Labute approximate surface area is 163 Å². The quantitative estimate of drug-likeness (QED) is 0.711. The Bertz CT molecular complexity index is 844. The van der Waals surface area contributed by atoms with E-state index in [9.17, 15) is 9.59 Å². The first-order valence-corrected chi connectivity index (χ1v) is 8.88. The van der Waals surface area contributed by atoms with Crippen LogP contribution in [0.4, 0.5) is 0 Å². The normalized spacial score (nSPS) is 11.1. The summed E-state index contributed by atoms with van der Waals surface area (Å²) in [6.45, 7) is 2.36. The van der Waals surface area contributed by atoms with Crippen LogP contribution in [0.15, 0.2) is 48.5 Å². The lowest BCUT2D eigenvalue weighted by Gasteiger charge is -2.10. The molecule has 1 amide bonds. The lowest BCUT2D eigenvalue weighted by Crippen LogP contribution is -2.26. The van der Waals surface area contributed by atoms with E-state index in [1.807, 2.05) is 31.2 Å². The molecule has 0 aliphatic heterocycles. The zero-order valence-electron chi connectivity index (χ0n) is 15.3. The molecular weight excluding hydrogens is 366 g/mol. The first-order chi connectivity index (χ1) is 12.9. The van der Waals surface area contributed by atoms with E-state index in [1.54, 1.807) is 24.3 Å². The second-order valence-corrected chi connectivity index (χ2v) is 6.47. The molecule has 6 heteroatoms. The molecule has 0 bridgehead atoms. The molecule has 0 heterocycles. The van der Waals surface area contributed by atoms with E-state index in [4.69, 9.17) is 21.4 Å². The van der Waals surface area contributed by atoms with Crippen molar-refractivity contribution in [2.24, 2.45) is 0 Å². The fourth-order valence-electron chi connectivity index (χ4n) is 2.57. The number of amides is 1. The van der Waals surface area contributed by atoms with Crippen LogP contribution in [0.5, 0.6) is 5.75 Å². The third-order valence-electron chi connectivity index (χ3n) is 4.10. The highest BCUT2D eigenvalue weighted by atomic mass is 35.5. The summed E-state index contributed by atoms with van der Waals surface area (Å²) in [5.74, 6) is -0.610. The van der Waals surface area contributed by atoms with Gasteiger partial charge in [0.05, 0.1) is 19.1 Å². The smallest absolute Gasteiger partial charge is 0.307 e. The van der Waals surface area contributed by atoms with Crippen LogP contribution in [0.25, 0.3) is 5.57 Å². The van der Waals surface area contributed by atoms with Crippen LogP contribution in [0, 0.1) is 0 Å². The number of carboxylic acid groups (broad SMARTS) is 1. The predicted octanol–water partition coefficient (Wildman–Crippen LogP) is 4.20. The topological polar surface area (TPSA) is 75.6 Å². The number of allylic oxidation sites excluding steroid dienone is 1. The minimum absolute atomic E-state index is 0.00653. The Kier molecular flexibility index (Phi) is 7.44. The van der Waals surface area contributed by atoms with Crippen molar-refractivity contribution in [3.63, 3.8) is 0 Å². The third kappa shape index (κ3) is 6.15. The van der Waals surface area contributed by atoms with E-state index in [2.05, 4.69) is 5.32 Å². The zero-order chi connectivity index (χ0) is 19.8. The zero-order valence-corrected chi connectivity index (χ0v) is 16.0. The van der Waals surface area contributed by atoms with Gasteiger partial charge in [-0.1, -0.05) is 41.9 Å². The number of methoxy groups -OCH3 is 1. The number of nitrogens with one attached hydrogen (secondary N) is 1. The molecular formula is C21H22ClNO4. The van der Waals surface area contributed by atoms with Crippen LogP contribution in [-0.4, -0.2) is 30.6 Å². The van der Waals surface area contributed by atoms with Gasteiger partial charge in [0.15, 0.2) is 0 Å². The van der Waals surface area contributed by atoms with E-state index in [1.165, 1.54) is 7.11 Å². The molecule has 2 aromatic carbocycles. The summed E-state index contributed by atoms with van der Waals surface area (Å²) < 4.78 is 5.19. The van der Waals surface area contributed by atoms with E-state index >= 15 is 0 Å². The minimum atomic E-state index is -0.849. The van der Waals surface area contributed by atoms with E-state index in [0.717, 1.165) is 16.7 Å². The van der Waals surface area contributed by atoms with E-state index < -0.39 is 5.97 Å². The summed E-state index contributed by atoms with van der Waals surface area (Å²) in [4.78, 5) is 23.0. The summed E-state index contributed by atoms with van der Waals surface area (Å²) in [5.41, 5.74) is 3.38. The highest BCUT2D eigenvalue weighted by molar-refractivity contribution is 6.31. The fraction of sp³-hybridized carbons (Fsp3) is 0.238. The highest BCUT2D eigenvalue weighted by Gasteiger charge is 2.12. The Hall–Kier alpha value is -2.79. The molecule has 0 saturated heterocycles. The van der Waals surface area contributed by atoms with Gasteiger partial charge in [0.1, 0.15) is 5.75 Å². The summed E-state index contributed by atoms with van der Waals surface area (Å²) in [7, 11) is 1.51. The van der Waals surface area contributed by atoms with Crippen molar-refractivity contribution in [3.05, 3.63) is 70.3 Å². The SMILES string of the molecule is COc1ccc(Cl)cc1C(=O)NCCc1ccc(C(C)=CCC(=O)O)cc1. The summed E-state index contributed by atoms with van der Waals surface area (Å²) in [6.07, 6.45) is 2.37. The van der Waals surface area contributed by atoms with Crippen molar-refractivity contribution in [1.29, 1.82) is 0 Å². The molecule has 0 radical (unpaired) electrons. The molecule has 0 spiro atoms. The number of carboxylic acids is 1. The lowest BCUT2D eigenvalue weighted by atomic mass is 10.0. The number of ether oxygens (including phenoxy) is 1. The third-order valence-corrected chi connectivity index (χ3v) is 4.33. The Morgan fingerprint density at radius 1 is 1.19 bits per heavy atom. The molecule has 0 aliphatic carbocycles. The van der Waals surface area contributed by atoms with Gasteiger partial charge in [0, 0.05) is 11.6 Å². The van der Waals surface area contributed by atoms with Gasteiger partial charge in [-0.2, -0.15) is 0 Å². The second-order valence-electron chi connectivity index (χ2n) is 6.03. The molecule has 0 atom stereocenters. The van der Waals surface area contributed by atoms with Crippen LogP contribution in [0.2, 0.25) is 5.02 Å². The molecule has 2 rings (SSSR count). The Morgan fingerprint density at radius 2 is 1.89 bits per heavy atom. The number of carbonyl (C=O) groups excluding carboxylic acids is 1. The van der Waals surface area contributed by atoms with E-state index in [0.29, 0.717) is 29.3 Å². The minimum Gasteiger partial charge on any atom is -0.496 e. The Morgan fingerprint density at radius 3 is 2.52 bits per heavy atom. The van der Waals surface area contributed by atoms with Crippen molar-refractivity contribution in [3.8, 4) is 5.75 Å². The van der Waals surface area contributed by atoms with Gasteiger partial charge in [0.2, 0.25) is 0 Å². The predicted molar refractivity (Wildman–Crippen MR) is 106 cm³/mol. The van der Waals surface area contributed by atoms with Crippen molar-refractivity contribution in [1.82, 2.24) is 5.32 Å². The molecule has 2 N–H and O–H groups in total. The van der Waals surface area contributed by atoms with Crippen LogP contribution in [0.1, 0.15) is 34.8 Å². The fourth-order valence-corrected chi connectivity index (χ4v) is 2.74. The van der Waals surface area contributed by atoms with Crippen LogP contribution in [0.3, 0.4) is 0 Å². The van der Waals surface area contributed by atoms with Crippen molar-refractivity contribution < 1.29 is 19.4 Å². The number of halogens is 1. The van der Waals surface area contributed by atoms with Gasteiger partial charge >= 0.3 is 5.97 Å². The molecule has 5 nitrogen and oxygen atoms in total. The Balaban J connectivity index is 1.92. The second kappa shape index (κ2) is 9.78. The molecule has 0 aromatic heterocycles. The largest absolute Gasteiger partial charge is 0.496 e. The van der Waals surface area contributed by atoms with Gasteiger partial charge < -0.3 is 15.2 Å². The van der Waals surface area contributed by atoms with Crippen molar-refractivity contribution in [2.45, 2.75) is 19.8 Å². The molecule has 0 aliphatic rings. The van der Waals surface area contributed by atoms with Crippen LogP contribution >= 0.6 is 11.6 Å². The maximum absolute atomic E-state index is 12.3. The van der Waals surface area contributed by atoms with Gasteiger partial charge in [-0.25, -0.2) is 0 Å². The first-order valence-electron chi connectivity index (χ1n) is 8.50. The van der Waals surface area contributed by atoms with Crippen LogP contribution in [-0.2, 0) is 11.2 Å². The van der Waals surface area contributed by atoms with Gasteiger partial charge in [-0.3, -0.25) is 9.59 Å². The van der Waals surface area contributed by atoms with Crippen molar-refractivity contribution in [2.75, 3.05) is 13.7 Å². The van der Waals surface area contributed by atoms with Gasteiger partial charge in [-0.15, -0.1) is 0 Å². The summed E-state index contributed by atoms with van der Waals surface area (Å²) >= 11 is 5.96. The molecule has 142 valence electrons. The average molecular weight is 388 g/mol. The maximum atomic E-state index is 12.3. The highest BCUT2D eigenvalue weighted by Crippen LogP contribution is 2.22. The van der Waals surface area contributed by atoms with Gasteiger partial charge in [0.25, 0.3) is 5.91 Å². The summed E-state index contributed by atoms with van der Waals surface area (Å²) in [5, 5.41) is 12.1. The monoisotopic (exact) mass is 387 g/mol. The number of hydrogen-bond donors (Lipinski definition) is 2. The molecule has 0 saturated carbocycles. The first kappa shape index (κ1) is 20.5. The number of aliphatic carboxylic acids is 1. The molecule has 27 heavy (non-hydrogen) atoms. The van der Waals surface area contributed by atoms with Crippen LogP contribution < -0.4 is 10.1 Å². The maximum Gasteiger partial charge on any atom is 0.307 e. The molecule has 0 unspecified atom stereocenters. The summed E-state index contributed by atoms with van der Waals surface area (Å²) in [6, 6.07) is 12.8. The standard InChI is InChI=1S/C21H22ClNO4/c1-14(3-10-20(24)25)16-6-4-15(5-7-16)11-12-23-21(26)18-13-17(22)8-9-19(18)27-2/h3-9,13H,10-12H2,1-2H3,(H,23,26)(H,24,25). The average Bonchev–Trinajstić information content (AvgIpc) is 2.66. The van der Waals surface area contributed by atoms with Gasteiger partial charge in [-0.05, 0) is 48.2 Å². The number of rotatable bonds is 8. The lowest BCUT2D eigenvalue weighted by molar-refractivity contribution is -0.136. The van der Waals surface area contributed by atoms with Crippen molar-refractivity contribution >= 4 is 29.1 Å². The number of carbonyl (C=O) groups is 2. The van der Waals surface area contributed by atoms with E-state index in [-0.39, 0.29) is 12.3 Å². The molecule has 2 aromatic rings.